The molecule has 10 nitrogen and oxygen atoms in total. The molecule has 3 heterocycles. The summed E-state index contributed by atoms with van der Waals surface area (Å²) < 4.78 is 28.9. The number of nitrogens with zero attached hydrogens (tertiary/aromatic N) is 6. The van der Waals surface area contributed by atoms with E-state index in [0.29, 0.717) is 18.3 Å². The summed E-state index contributed by atoms with van der Waals surface area (Å²) in [7, 11) is 0.596. The molecule has 35 heavy (non-hydrogen) atoms. The maximum Gasteiger partial charge on any atom is 0.208 e. The highest BCUT2D eigenvalue weighted by atomic mass is 32.2. The number of rotatable bonds is 8. The Kier molecular flexibility index (Phi) is 6.12. The number of benzene rings is 1. The lowest BCUT2D eigenvalue weighted by Gasteiger charge is -2.36. The van der Waals surface area contributed by atoms with Crippen LogP contribution in [0.1, 0.15) is 12.8 Å². The largest absolute Gasteiger partial charge is 0.367 e. The fourth-order valence-corrected chi connectivity index (χ4v) is 4.83. The molecule has 0 bridgehead atoms. The fraction of sp³-hybridized carbons (Fsp3) is 0.333. The monoisotopic (exact) mass is 492 g/mol. The second-order valence-corrected chi connectivity index (χ2v) is 11.0. The molecule has 3 aromatic heterocycles. The summed E-state index contributed by atoms with van der Waals surface area (Å²) in [4.78, 5) is 9.58. The summed E-state index contributed by atoms with van der Waals surface area (Å²) in [6, 6.07) is 8.31. The first kappa shape index (κ1) is 23.2. The molecule has 182 valence electrons. The lowest BCUT2D eigenvalue weighted by atomic mass is 9.80. The van der Waals surface area contributed by atoms with Crippen molar-refractivity contribution in [3.8, 4) is 33.6 Å². The second kappa shape index (κ2) is 9.23. The van der Waals surface area contributed by atoms with E-state index in [2.05, 4.69) is 31.3 Å². The van der Waals surface area contributed by atoms with Gasteiger partial charge in [-0.15, -0.1) is 0 Å². The lowest BCUT2D eigenvalue weighted by molar-refractivity contribution is 0.284. The van der Waals surface area contributed by atoms with E-state index in [0.717, 1.165) is 46.5 Å². The van der Waals surface area contributed by atoms with Gasteiger partial charge in [0.25, 0.3) is 0 Å². The van der Waals surface area contributed by atoms with Crippen molar-refractivity contribution in [2.75, 3.05) is 18.1 Å². The van der Waals surface area contributed by atoms with E-state index >= 15 is 0 Å². The van der Waals surface area contributed by atoms with Gasteiger partial charge in [0, 0.05) is 67.5 Å². The number of hydrogen-bond acceptors (Lipinski definition) is 7. The summed E-state index contributed by atoms with van der Waals surface area (Å²) in [5.74, 6) is 1.68. The number of nitrogens with one attached hydrogen (secondary N) is 2. The Balaban J connectivity index is 1.41. The van der Waals surface area contributed by atoms with E-state index in [1.165, 1.54) is 6.26 Å². The van der Waals surface area contributed by atoms with Gasteiger partial charge in [0.05, 0.1) is 18.6 Å². The highest BCUT2D eigenvalue weighted by Crippen LogP contribution is 2.34. The molecule has 1 fully saturated rings. The Morgan fingerprint density at radius 1 is 0.971 bits per heavy atom. The molecule has 0 saturated heterocycles. The lowest BCUT2D eigenvalue weighted by Crippen LogP contribution is -2.42. The van der Waals surface area contributed by atoms with Crippen molar-refractivity contribution in [3.05, 3.63) is 55.2 Å². The van der Waals surface area contributed by atoms with E-state index in [-0.39, 0.29) is 6.04 Å². The van der Waals surface area contributed by atoms with Gasteiger partial charge in [-0.3, -0.25) is 9.36 Å². The minimum absolute atomic E-state index is 0.209. The van der Waals surface area contributed by atoms with E-state index in [1.807, 2.05) is 57.1 Å². The minimum Gasteiger partial charge on any atom is -0.367 e. The van der Waals surface area contributed by atoms with Crippen LogP contribution in [0.3, 0.4) is 0 Å². The highest BCUT2D eigenvalue weighted by molar-refractivity contribution is 7.88. The van der Waals surface area contributed by atoms with Gasteiger partial charge in [-0.2, -0.15) is 10.2 Å². The molecular weight excluding hydrogens is 464 g/mol. The molecule has 0 radical (unpaired) electrons. The summed E-state index contributed by atoms with van der Waals surface area (Å²) in [5, 5.41) is 12.1. The van der Waals surface area contributed by atoms with Crippen LogP contribution < -0.4 is 10.0 Å². The third-order valence-electron chi connectivity index (χ3n) is 6.17. The topological polar surface area (TPSA) is 120 Å². The van der Waals surface area contributed by atoms with Crippen LogP contribution in [0.15, 0.2) is 55.2 Å². The van der Waals surface area contributed by atoms with E-state index < -0.39 is 10.0 Å². The van der Waals surface area contributed by atoms with Gasteiger partial charge in [-0.1, -0.05) is 18.2 Å². The van der Waals surface area contributed by atoms with Gasteiger partial charge in [-0.25, -0.2) is 23.1 Å². The number of sulfonamides is 1. The predicted octanol–water partition coefficient (Wildman–Crippen LogP) is 2.68. The first-order valence-electron chi connectivity index (χ1n) is 11.4. The average molecular weight is 493 g/mol. The number of aromatic nitrogens is 6. The summed E-state index contributed by atoms with van der Waals surface area (Å²) in [5.41, 5.74) is 4.80. The van der Waals surface area contributed by atoms with Gasteiger partial charge in [0.2, 0.25) is 10.0 Å². The molecule has 0 aliphatic heterocycles. The van der Waals surface area contributed by atoms with Gasteiger partial charge < -0.3 is 5.32 Å². The van der Waals surface area contributed by atoms with Crippen LogP contribution in [-0.2, 0) is 24.1 Å². The van der Waals surface area contributed by atoms with Crippen molar-refractivity contribution in [2.45, 2.75) is 18.9 Å². The Morgan fingerprint density at radius 3 is 2.31 bits per heavy atom. The van der Waals surface area contributed by atoms with Crippen LogP contribution in [0.2, 0.25) is 0 Å². The van der Waals surface area contributed by atoms with Gasteiger partial charge in [0.1, 0.15) is 5.82 Å². The number of aryl methyl sites for hydroxylation is 2. The zero-order valence-electron chi connectivity index (χ0n) is 19.9. The molecule has 1 aliphatic rings. The molecule has 4 aromatic rings. The van der Waals surface area contributed by atoms with Crippen LogP contribution >= 0.6 is 0 Å². The summed E-state index contributed by atoms with van der Waals surface area (Å²) in [6.07, 6.45) is 12.3. The van der Waals surface area contributed by atoms with Crippen LogP contribution in [-0.4, -0.2) is 56.8 Å². The standard InChI is InChI=1S/C24H28N8O2S/c1-31-14-19(11-26-31)17-5-4-6-18(9-17)23-25-13-22(20-12-27-32(2)15-20)24(30-23)29-21-7-16(8-21)10-28-35(3,33)34/h4-6,9,11-16,21,28H,7-8,10H2,1-3H3,(H,25,29,30). The molecular formula is C24H28N8O2S. The molecule has 2 N–H and O–H groups in total. The maximum absolute atomic E-state index is 11.4. The molecule has 5 rings (SSSR count). The Labute approximate surface area is 204 Å². The van der Waals surface area contributed by atoms with Crippen LogP contribution in [0.5, 0.6) is 0 Å². The van der Waals surface area contributed by atoms with Crippen molar-refractivity contribution in [2.24, 2.45) is 20.0 Å². The molecule has 11 heteroatoms. The maximum atomic E-state index is 11.4. The molecule has 1 aliphatic carbocycles. The Morgan fingerprint density at radius 2 is 1.66 bits per heavy atom. The van der Waals surface area contributed by atoms with Gasteiger partial charge in [0.15, 0.2) is 5.82 Å². The minimum atomic E-state index is -3.18. The first-order valence-corrected chi connectivity index (χ1v) is 13.3. The molecule has 1 saturated carbocycles. The smallest absolute Gasteiger partial charge is 0.208 e. The van der Waals surface area contributed by atoms with Crippen molar-refractivity contribution >= 4 is 15.8 Å². The third-order valence-corrected chi connectivity index (χ3v) is 6.87. The van der Waals surface area contributed by atoms with Crippen molar-refractivity contribution in [1.82, 2.24) is 34.3 Å². The van der Waals surface area contributed by atoms with Crippen LogP contribution in [0.4, 0.5) is 5.82 Å². The summed E-state index contributed by atoms with van der Waals surface area (Å²) in [6.45, 7) is 0.461. The predicted molar refractivity (Wildman–Crippen MR) is 135 cm³/mol. The molecule has 1 aromatic carbocycles. The van der Waals surface area contributed by atoms with Gasteiger partial charge in [-0.05, 0) is 30.4 Å². The number of hydrogen-bond donors (Lipinski definition) is 2. The zero-order valence-corrected chi connectivity index (χ0v) is 20.7. The van der Waals surface area contributed by atoms with E-state index in [9.17, 15) is 8.42 Å². The molecule has 0 atom stereocenters. The number of anilines is 1. The summed E-state index contributed by atoms with van der Waals surface area (Å²) >= 11 is 0. The average Bonchev–Trinajstić information content (AvgIpc) is 3.42. The molecule has 0 amide bonds. The quantitative estimate of drug-likeness (QED) is 0.388. The Bertz CT molecular complexity index is 1450. The Hall–Kier alpha value is -3.57. The zero-order chi connectivity index (χ0) is 24.6. The molecule has 0 spiro atoms. The SMILES string of the molecule is Cn1cc(-c2cccc(-c3ncc(-c4cnn(C)c4)c(NC4CC(CNS(C)(=O)=O)C4)n3)c2)cn1. The second-order valence-electron chi connectivity index (χ2n) is 9.14. The van der Waals surface area contributed by atoms with Crippen molar-refractivity contribution in [3.63, 3.8) is 0 Å². The molecule has 0 unspecified atom stereocenters. The van der Waals surface area contributed by atoms with E-state index in [1.54, 1.807) is 15.6 Å². The fourth-order valence-electron chi connectivity index (χ4n) is 4.29. The van der Waals surface area contributed by atoms with Crippen molar-refractivity contribution < 1.29 is 8.42 Å². The van der Waals surface area contributed by atoms with Crippen molar-refractivity contribution in [1.29, 1.82) is 0 Å². The highest BCUT2D eigenvalue weighted by Gasteiger charge is 2.30. The normalized spacial score (nSPS) is 17.8. The third kappa shape index (κ3) is 5.41. The van der Waals surface area contributed by atoms with Crippen LogP contribution in [0.25, 0.3) is 33.6 Å². The van der Waals surface area contributed by atoms with E-state index in [4.69, 9.17) is 4.98 Å². The first-order chi connectivity index (χ1) is 16.7. The van der Waals surface area contributed by atoms with Crippen LogP contribution in [0, 0.1) is 5.92 Å². The van der Waals surface area contributed by atoms with Gasteiger partial charge >= 0.3 is 0 Å².